The van der Waals surface area contributed by atoms with E-state index in [-0.39, 0.29) is 19.8 Å². The fraction of sp³-hybridized carbons (Fsp3) is 0.727. The van der Waals surface area contributed by atoms with Crippen LogP contribution in [0.15, 0.2) is 12.7 Å². The number of esters is 1. The van der Waals surface area contributed by atoms with Gasteiger partial charge >= 0.3 is 18.1 Å². The predicted molar refractivity (Wildman–Crippen MR) is 118 cm³/mol. The van der Waals surface area contributed by atoms with Crippen LogP contribution in [0.25, 0.3) is 0 Å². The first-order valence-corrected chi connectivity index (χ1v) is 11.0. The van der Waals surface area contributed by atoms with Crippen LogP contribution in [0, 0.1) is 17.2 Å². The number of urea groups is 1. The molecule has 0 unspecified atom stereocenters. The van der Waals surface area contributed by atoms with Gasteiger partial charge in [-0.05, 0) is 25.2 Å². The van der Waals surface area contributed by atoms with E-state index in [4.69, 9.17) is 20.6 Å². The van der Waals surface area contributed by atoms with Crippen LogP contribution in [0.4, 0.5) is 9.59 Å². The van der Waals surface area contributed by atoms with E-state index in [1.54, 1.807) is 0 Å². The number of hydrogen-bond acceptors (Lipinski definition) is 7. The average molecular weight is 439 g/mol. The zero-order chi connectivity index (χ0) is 23.5. The smallest absolute Gasteiger partial charge is 0.418 e. The topological polar surface area (TPSA) is 126 Å². The predicted octanol–water partition coefficient (Wildman–Crippen LogP) is 4.14. The van der Waals surface area contributed by atoms with E-state index < -0.39 is 18.1 Å². The number of nitrogens with zero attached hydrogens (tertiary/aromatic N) is 3. The highest BCUT2D eigenvalue weighted by Crippen LogP contribution is 2.10. The number of rotatable bonds is 16. The minimum atomic E-state index is -0.827. The van der Waals surface area contributed by atoms with Crippen LogP contribution in [0.3, 0.4) is 0 Å². The van der Waals surface area contributed by atoms with Crippen LogP contribution in [-0.4, -0.2) is 54.3 Å². The van der Waals surface area contributed by atoms with Crippen LogP contribution in [0.2, 0.25) is 0 Å². The Hall–Kier alpha value is -2.60. The first-order valence-electron chi connectivity index (χ1n) is 11.0. The summed E-state index contributed by atoms with van der Waals surface area (Å²) in [6.45, 7) is 7.82. The highest BCUT2D eigenvalue weighted by atomic mass is 16.6. The van der Waals surface area contributed by atoms with Crippen molar-refractivity contribution in [1.82, 2.24) is 9.91 Å². The van der Waals surface area contributed by atoms with Gasteiger partial charge in [0.15, 0.2) is 0 Å². The van der Waals surface area contributed by atoms with Crippen molar-refractivity contribution in [2.24, 2.45) is 11.8 Å². The molecule has 0 aliphatic rings. The molecule has 9 heteroatoms. The van der Waals surface area contributed by atoms with E-state index in [1.165, 1.54) is 0 Å². The standard InChI is InChI=1S/C22H38N4O5/c1-4-20(27)30-17-18-31-22(29)25(15-11-7-5-6-10-14-23)21(28)26(24)16-12-8-9-13-19(2)3/h4,19H,1,5-13,15-18,24H2,2-3H3. The largest absolute Gasteiger partial charge is 0.459 e. The van der Waals surface area contributed by atoms with Crippen molar-refractivity contribution < 1.29 is 23.9 Å². The third-order valence-electron chi connectivity index (χ3n) is 4.52. The summed E-state index contributed by atoms with van der Waals surface area (Å²) in [4.78, 5) is 37.1. The maximum atomic E-state index is 12.7. The summed E-state index contributed by atoms with van der Waals surface area (Å²) in [6, 6.07) is 1.47. The molecular weight excluding hydrogens is 400 g/mol. The van der Waals surface area contributed by atoms with Gasteiger partial charge in [-0.3, -0.25) is 5.01 Å². The Kier molecular flexibility index (Phi) is 16.7. The maximum absolute atomic E-state index is 12.7. The van der Waals surface area contributed by atoms with Crippen molar-refractivity contribution in [3.8, 4) is 6.07 Å². The summed E-state index contributed by atoms with van der Waals surface area (Å²) in [5.74, 6) is 5.92. The molecule has 0 atom stereocenters. The van der Waals surface area contributed by atoms with Crippen molar-refractivity contribution in [2.75, 3.05) is 26.3 Å². The summed E-state index contributed by atoms with van der Waals surface area (Å²) in [5.41, 5.74) is 0. The number of carbonyl (C=O) groups excluding carboxylic acids is 3. The molecular formula is C22H38N4O5. The molecule has 0 heterocycles. The minimum absolute atomic E-state index is 0.130. The second-order valence-electron chi connectivity index (χ2n) is 7.68. The monoisotopic (exact) mass is 438 g/mol. The molecule has 2 N–H and O–H groups in total. The number of unbranched alkanes of at least 4 members (excludes halogenated alkanes) is 6. The number of hydrogen-bond donors (Lipinski definition) is 1. The van der Waals surface area contributed by atoms with Crippen molar-refractivity contribution in [3.63, 3.8) is 0 Å². The highest BCUT2D eigenvalue weighted by molar-refractivity contribution is 5.90. The second kappa shape index (κ2) is 18.2. The third kappa shape index (κ3) is 14.9. The van der Waals surface area contributed by atoms with Gasteiger partial charge in [0.2, 0.25) is 0 Å². The molecule has 0 aromatic carbocycles. The number of nitriles is 1. The quantitative estimate of drug-likeness (QED) is 0.0958. The number of ether oxygens (including phenoxy) is 2. The van der Waals surface area contributed by atoms with Crippen LogP contribution in [-0.2, 0) is 14.3 Å². The van der Waals surface area contributed by atoms with E-state index >= 15 is 0 Å². The van der Waals surface area contributed by atoms with Gasteiger partial charge in [0, 0.05) is 25.6 Å². The molecule has 0 aromatic rings. The number of carbonyl (C=O) groups is 3. The van der Waals surface area contributed by atoms with E-state index in [0.29, 0.717) is 25.3 Å². The molecule has 0 aliphatic heterocycles. The molecule has 0 radical (unpaired) electrons. The maximum Gasteiger partial charge on any atom is 0.418 e. The zero-order valence-corrected chi connectivity index (χ0v) is 19.0. The molecule has 31 heavy (non-hydrogen) atoms. The molecule has 0 bridgehead atoms. The van der Waals surface area contributed by atoms with Gasteiger partial charge in [-0.1, -0.05) is 52.5 Å². The molecule has 3 amide bonds. The Bertz CT molecular complexity index is 589. The molecule has 0 rings (SSSR count). The highest BCUT2D eigenvalue weighted by Gasteiger charge is 2.26. The first-order chi connectivity index (χ1) is 14.8. The number of imide groups is 1. The fourth-order valence-corrected chi connectivity index (χ4v) is 2.76. The lowest BCUT2D eigenvalue weighted by molar-refractivity contribution is -0.138. The Morgan fingerprint density at radius 2 is 1.61 bits per heavy atom. The Labute approximate surface area is 186 Å². The van der Waals surface area contributed by atoms with E-state index in [9.17, 15) is 14.4 Å². The van der Waals surface area contributed by atoms with Crippen molar-refractivity contribution in [2.45, 2.75) is 71.6 Å². The Morgan fingerprint density at radius 1 is 1.00 bits per heavy atom. The SMILES string of the molecule is C=CC(=O)OCCOC(=O)N(CCCCCCC#N)C(=O)N(N)CCCCCC(C)C. The third-order valence-corrected chi connectivity index (χ3v) is 4.52. The van der Waals surface area contributed by atoms with Crippen LogP contribution < -0.4 is 5.84 Å². The van der Waals surface area contributed by atoms with Crippen molar-refractivity contribution in [1.29, 1.82) is 5.26 Å². The number of nitrogens with two attached hydrogens (primary N) is 1. The zero-order valence-electron chi connectivity index (χ0n) is 19.0. The van der Waals surface area contributed by atoms with Gasteiger partial charge in [-0.15, -0.1) is 0 Å². The van der Waals surface area contributed by atoms with Gasteiger partial charge < -0.3 is 9.47 Å². The number of amides is 3. The lowest BCUT2D eigenvalue weighted by Crippen LogP contribution is -2.50. The average Bonchev–Trinajstić information content (AvgIpc) is 2.74. The molecule has 9 nitrogen and oxygen atoms in total. The van der Waals surface area contributed by atoms with Crippen LogP contribution in [0.5, 0.6) is 0 Å². The van der Waals surface area contributed by atoms with Gasteiger partial charge in [-0.2, -0.15) is 5.26 Å². The summed E-state index contributed by atoms with van der Waals surface area (Å²) in [5, 5.41) is 9.63. The van der Waals surface area contributed by atoms with Gasteiger partial charge in [0.25, 0.3) is 0 Å². The molecule has 0 aliphatic carbocycles. The van der Waals surface area contributed by atoms with Gasteiger partial charge in [-0.25, -0.2) is 25.1 Å². The second-order valence-corrected chi connectivity index (χ2v) is 7.68. The molecule has 0 spiro atoms. The lowest BCUT2D eigenvalue weighted by Gasteiger charge is -2.26. The Morgan fingerprint density at radius 3 is 2.26 bits per heavy atom. The molecule has 176 valence electrons. The first kappa shape index (κ1) is 28.4. The fourth-order valence-electron chi connectivity index (χ4n) is 2.76. The van der Waals surface area contributed by atoms with Crippen LogP contribution in [0.1, 0.15) is 71.6 Å². The molecule has 0 saturated carbocycles. The van der Waals surface area contributed by atoms with Crippen molar-refractivity contribution in [3.05, 3.63) is 12.7 Å². The number of hydrazine groups is 1. The van der Waals surface area contributed by atoms with E-state index in [0.717, 1.165) is 60.9 Å². The lowest BCUT2D eigenvalue weighted by atomic mass is 10.1. The summed E-state index contributed by atoms with van der Waals surface area (Å²) in [6.07, 6.45) is 7.55. The van der Waals surface area contributed by atoms with E-state index in [2.05, 4.69) is 26.5 Å². The van der Waals surface area contributed by atoms with E-state index in [1.807, 2.05) is 0 Å². The molecule has 0 saturated heterocycles. The Balaban J connectivity index is 4.61. The van der Waals surface area contributed by atoms with Crippen molar-refractivity contribution >= 4 is 18.1 Å². The molecule has 0 fully saturated rings. The van der Waals surface area contributed by atoms with Crippen LogP contribution >= 0.6 is 0 Å². The molecule has 0 aromatic heterocycles. The summed E-state index contributed by atoms with van der Waals surface area (Å²) >= 11 is 0. The normalized spacial score (nSPS) is 10.3. The summed E-state index contributed by atoms with van der Waals surface area (Å²) in [7, 11) is 0. The summed E-state index contributed by atoms with van der Waals surface area (Å²) < 4.78 is 9.82. The minimum Gasteiger partial charge on any atom is -0.459 e. The van der Waals surface area contributed by atoms with Gasteiger partial charge in [0.05, 0.1) is 6.07 Å². The van der Waals surface area contributed by atoms with Gasteiger partial charge in [0.1, 0.15) is 13.2 Å².